The molecule has 0 spiro atoms. The number of hydrogen-bond donors (Lipinski definition) is 1. The third-order valence-electron chi connectivity index (χ3n) is 3.65. The number of nitrogens with zero attached hydrogens (tertiary/aromatic N) is 2. The highest BCUT2D eigenvalue weighted by Crippen LogP contribution is 2.24. The fraction of sp³-hybridized carbons (Fsp3) is 0.438. The van der Waals surface area contributed by atoms with E-state index in [4.69, 9.17) is 4.74 Å². The van der Waals surface area contributed by atoms with E-state index in [1.807, 2.05) is 17.8 Å². The lowest BCUT2D eigenvalue weighted by atomic mass is 10.1. The van der Waals surface area contributed by atoms with Crippen LogP contribution in [0.3, 0.4) is 0 Å². The van der Waals surface area contributed by atoms with Crippen molar-refractivity contribution in [1.29, 1.82) is 0 Å². The van der Waals surface area contributed by atoms with Gasteiger partial charge in [0.15, 0.2) is 0 Å². The summed E-state index contributed by atoms with van der Waals surface area (Å²) in [6.45, 7) is 3.49. The average molecular weight is 271 g/mol. The molecule has 0 saturated heterocycles. The van der Waals surface area contributed by atoms with Crippen molar-refractivity contribution >= 4 is 0 Å². The molecular weight excluding hydrogens is 250 g/mol. The number of hydrogen-bond acceptors (Lipinski definition) is 3. The predicted octanol–water partition coefficient (Wildman–Crippen LogP) is 2.56. The molecule has 1 aromatic heterocycles. The lowest BCUT2D eigenvalue weighted by molar-refractivity contribution is 0.288. The second-order valence-corrected chi connectivity index (χ2v) is 5.51. The number of imidazole rings is 1. The first-order valence-electron chi connectivity index (χ1n) is 7.14. The summed E-state index contributed by atoms with van der Waals surface area (Å²) in [5.74, 6) is 1.89. The minimum atomic E-state index is 0.503. The highest BCUT2D eigenvalue weighted by Gasteiger charge is 2.20. The van der Waals surface area contributed by atoms with Crippen LogP contribution in [0.5, 0.6) is 5.75 Å². The Balaban J connectivity index is 1.68. The molecule has 0 bridgehead atoms. The molecule has 1 fully saturated rings. The SMILES string of the molecule is Cc1ccc(OCc2nccn2C)c(CNC2CC2)c1. The van der Waals surface area contributed by atoms with Crippen molar-refractivity contribution in [3.63, 3.8) is 0 Å². The van der Waals surface area contributed by atoms with Crippen LogP contribution >= 0.6 is 0 Å². The first-order chi connectivity index (χ1) is 9.72. The lowest BCUT2D eigenvalue weighted by Gasteiger charge is -2.13. The molecule has 106 valence electrons. The first-order valence-corrected chi connectivity index (χ1v) is 7.14. The highest BCUT2D eigenvalue weighted by molar-refractivity contribution is 5.37. The summed E-state index contributed by atoms with van der Waals surface area (Å²) in [7, 11) is 1.98. The standard InChI is InChI=1S/C16H21N3O/c1-12-3-6-15(13(9-12)10-18-14-4-5-14)20-11-16-17-7-8-19(16)2/h3,6-9,14,18H,4-5,10-11H2,1-2H3. The van der Waals surface area contributed by atoms with Gasteiger partial charge in [-0.2, -0.15) is 0 Å². The van der Waals surface area contributed by atoms with E-state index < -0.39 is 0 Å². The molecular formula is C16H21N3O. The van der Waals surface area contributed by atoms with Crippen LogP contribution in [0.1, 0.15) is 29.8 Å². The molecule has 0 radical (unpaired) electrons. The summed E-state index contributed by atoms with van der Waals surface area (Å²) in [6.07, 6.45) is 6.33. The van der Waals surface area contributed by atoms with Crippen molar-refractivity contribution in [2.75, 3.05) is 0 Å². The zero-order valence-corrected chi connectivity index (χ0v) is 12.1. The Hall–Kier alpha value is -1.81. The molecule has 1 aromatic carbocycles. The Bertz CT molecular complexity index is 587. The van der Waals surface area contributed by atoms with Gasteiger partial charge in [0.2, 0.25) is 0 Å². The van der Waals surface area contributed by atoms with Gasteiger partial charge in [-0.05, 0) is 25.8 Å². The maximum atomic E-state index is 5.95. The predicted molar refractivity (Wildman–Crippen MR) is 78.6 cm³/mol. The number of ether oxygens (including phenoxy) is 1. The first kappa shape index (κ1) is 13.2. The lowest BCUT2D eigenvalue weighted by Crippen LogP contribution is -2.16. The van der Waals surface area contributed by atoms with Gasteiger partial charge in [0.05, 0.1) is 0 Å². The second-order valence-electron chi connectivity index (χ2n) is 5.51. The van der Waals surface area contributed by atoms with Crippen molar-refractivity contribution in [1.82, 2.24) is 14.9 Å². The normalized spacial score (nSPS) is 14.5. The van der Waals surface area contributed by atoms with E-state index in [-0.39, 0.29) is 0 Å². The van der Waals surface area contributed by atoms with E-state index in [0.29, 0.717) is 12.6 Å². The Morgan fingerprint density at radius 2 is 2.25 bits per heavy atom. The van der Waals surface area contributed by atoms with E-state index in [2.05, 4.69) is 35.4 Å². The summed E-state index contributed by atoms with van der Waals surface area (Å²) < 4.78 is 7.93. The Kier molecular flexibility index (Phi) is 3.74. The van der Waals surface area contributed by atoms with E-state index in [9.17, 15) is 0 Å². The van der Waals surface area contributed by atoms with Gasteiger partial charge in [0.1, 0.15) is 18.2 Å². The van der Waals surface area contributed by atoms with Gasteiger partial charge in [0, 0.05) is 37.6 Å². The molecule has 1 aliphatic carbocycles. The van der Waals surface area contributed by atoms with Crippen LogP contribution in [0.25, 0.3) is 0 Å². The quantitative estimate of drug-likeness (QED) is 0.877. The largest absolute Gasteiger partial charge is 0.485 e. The number of nitrogens with one attached hydrogen (secondary N) is 1. The van der Waals surface area contributed by atoms with Gasteiger partial charge < -0.3 is 14.6 Å². The van der Waals surface area contributed by atoms with Gasteiger partial charge in [0.25, 0.3) is 0 Å². The van der Waals surface area contributed by atoms with Crippen LogP contribution in [-0.2, 0) is 20.2 Å². The molecule has 0 aliphatic heterocycles. The molecule has 4 nitrogen and oxygen atoms in total. The van der Waals surface area contributed by atoms with E-state index in [1.54, 1.807) is 6.20 Å². The molecule has 1 aliphatic rings. The topological polar surface area (TPSA) is 39.1 Å². The van der Waals surface area contributed by atoms with Crippen molar-refractivity contribution in [3.05, 3.63) is 47.5 Å². The molecule has 4 heteroatoms. The van der Waals surface area contributed by atoms with Crippen LogP contribution in [0.2, 0.25) is 0 Å². The van der Waals surface area contributed by atoms with Crippen LogP contribution in [-0.4, -0.2) is 15.6 Å². The average Bonchev–Trinajstić information content (AvgIpc) is 3.18. The summed E-state index contributed by atoms with van der Waals surface area (Å²) in [6, 6.07) is 7.05. The van der Waals surface area contributed by atoms with Gasteiger partial charge in [-0.15, -0.1) is 0 Å². The second kappa shape index (κ2) is 5.67. The fourth-order valence-electron chi connectivity index (χ4n) is 2.21. The molecule has 0 unspecified atom stereocenters. The summed E-state index contributed by atoms with van der Waals surface area (Å²) in [4.78, 5) is 4.28. The number of aryl methyl sites for hydroxylation is 2. The highest BCUT2D eigenvalue weighted by atomic mass is 16.5. The molecule has 1 saturated carbocycles. The minimum Gasteiger partial charge on any atom is -0.485 e. The molecule has 1 heterocycles. The van der Waals surface area contributed by atoms with E-state index in [0.717, 1.165) is 18.1 Å². The molecule has 3 rings (SSSR count). The molecule has 2 aromatic rings. The van der Waals surface area contributed by atoms with E-state index in [1.165, 1.54) is 24.0 Å². The minimum absolute atomic E-state index is 0.503. The maximum Gasteiger partial charge on any atom is 0.146 e. The zero-order valence-electron chi connectivity index (χ0n) is 12.1. The van der Waals surface area contributed by atoms with Crippen LogP contribution in [0.4, 0.5) is 0 Å². The van der Waals surface area contributed by atoms with Gasteiger partial charge in [-0.25, -0.2) is 4.98 Å². The van der Waals surface area contributed by atoms with Gasteiger partial charge in [-0.1, -0.05) is 17.7 Å². The van der Waals surface area contributed by atoms with E-state index >= 15 is 0 Å². The number of rotatable bonds is 6. The molecule has 1 N–H and O–H groups in total. The summed E-state index contributed by atoms with van der Waals surface area (Å²) >= 11 is 0. The fourth-order valence-corrected chi connectivity index (χ4v) is 2.21. The van der Waals surface area contributed by atoms with Gasteiger partial charge >= 0.3 is 0 Å². The molecule has 20 heavy (non-hydrogen) atoms. The summed E-state index contributed by atoms with van der Waals surface area (Å²) in [5.41, 5.74) is 2.49. The third-order valence-corrected chi connectivity index (χ3v) is 3.65. The van der Waals surface area contributed by atoms with Crippen molar-refractivity contribution in [2.45, 2.75) is 39.0 Å². The van der Waals surface area contributed by atoms with Gasteiger partial charge in [-0.3, -0.25) is 0 Å². The van der Waals surface area contributed by atoms with Crippen molar-refractivity contribution in [2.24, 2.45) is 7.05 Å². The molecule has 0 amide bonds. The molecule has 0 atom stereocenters. The van der Waals surface area contributed by atoms with Crippen LogP contribution < -0.4 is 10.1 Å². The number of aromatic nitrogens is 2. The monoisotopic (exact) mass is 271 g/mol. The third kappa shape index (κ3) is 3.20. The Labute approximate surface area is 119 Å². The number of benzene rings is 1. The Morgan fingerprint density at radius 3 is 2.95 bits per heavy atom. The summed E-state index contributed by atoms with van der Waals surface area (Å²) in [5, 5.41) is 3.54. The smallest absolute Gasteiger partial charge is 0.146 e. The van der Waals surface area contributed by atoms with Crippen molar-refractivity contribution < 1.29 is 4.74 Å². The van der Waals surface area contributed by atoms with Crippen LogP contribution in [0.15, 0.2) is 30.6 Å². The van der Waals surface area contributed by atoms with Crippen molar-refractivity contribution in [3.8, 4) is 5.75 Å². The maximum absolute atomic E-state index is 5.95. The van der Waals surface area contributed by atoms with Crippen LogP contribution in [0, 0.1) is 6.92 Å². The zero-order chi connectivity index (χ0) is 13.9. The Morgan fingerprint density at radius 1 is 1.40 bits per heavy atom.